The van der Waals surface area contributed by atoms with Crippen LogP contribution in [-0.4, -0.2) is 51.1 Å². The normalized spacial score (nSPS) is 63.0. The van der Waals surface area contributed by atoms with Crippen LogP contribution >= 0.6 is 0 Å². The van der Waals surface area contributed by atoms with Gasteiger partial charge in [0.05, 0.1) is 17.8 Å². The van der Waals surface area contributed by atoms with Crippen molar-refractivity contribution in [2.24, 2.45) is 44.8 Å². The molecule has 3 N–H and O–H groups in total. The van der Waals surface area contributed by atoms with Crippen molar-refractivity contribution in [3.05, 3.63) is 11.6 Å². The van der Waals surface area contributed by atoms with Gasteiger partial charge < -0.3 is 24.8 Å². The van der Waals surface area contributed by atoms with Crippen LogP contribution in [0.2, 0.25) is 0 Å². The van der Waals surface area contributed by atoms with Gasteiger partial charge in [-0.25, -0.2) is 0 Å². The molecule has 2 saturated heterocycles. The van der Waals surface area contributed by atoms with Crippen LogP contribution in [0.15, 0.2) is 11.6 Å². The van der Waals surface area contributed by atoms with Crippen molar-refractivity contribution in [3.8, 4) is 0 Å². The molecule has 196 valence electrons. The van der Waals surface area contributed by atoms with Gasteiger partial charge in [0.1, 0.15) is 12.2 Å². The summed E-state index contributed by atoms with van der Waals surface area (Å²) in [5.74, 6) is -0.697. The molecule has 2 aliphatic heterocycles. The van der Waals surface area contributed by atoms with Gasteiger partial charge in [0.2, 0.25) is 5.79 Å². The minimum absolute atomic E-state index is 0.0129. The third kappa shape index (κ3) is 2.30. The fraction of sp³-hybridized carbons (Fsp3) is 0.933. The smallest absolute Gasteiger partial charge is 0.222 e. The largest absolute Gasteiger partial charge is 0.393 e. The van der Waals surface area contributed by atoms with Crippen LogP contribution in [0.4, 0.5) is 0 Å². The second-order valence-corrected chi connectivity index (χ2v) is 15.5. The lowest BCUT2D eigenvalue weighted by atomic mass is 9.45. The van der Waals surface area contributed by atoms with Crippen molar-refractivity contribution in [1.82, 2.24) is 0 Å². The molecule has 7 rings (SSSR count). The third-order valence-electron chi connectivity index (χ3n) is 13.8. The van der Waals surface area contributed by atoms with Gasteiger partial charge in [-0.1, -0.05) is 46.3 Å². The molecule has 12 atom stereocenters. The van der Waals surface area contributed by atoms with E-state index in [4.69, 9.17) is 9.47 Å². The summed E-state index contributed by atoms with van der Waals surface area (Å²) in [5.41, 5.74) is 1.52. The van der Waals surface area contributed by atoms with Gasteiger partial charge in [-0.3, -0.25) is 0 Å². The Hall–Kier alpha value is -0.460. The average molecular weight is 487 g/mol. The standard InChI is InChI=1S/C30H46O5/c1-16-21-17(34-30(33)22(16)35-25(4,5)23(30)32)14-27(7)19-9-8-18-24(2,3)20(31)10-11-28(18)15-29(19,28)13-12-26(21,27)6/h9,16-18,20-23,31-33H,8,10-15H2,1-7H3/t16-,17-,18-,20-,21-,22+,23+,26+,27-,28+,29-,30+/m0/s1. The lowest BCUT2D eigenvalue weighted by Crippen LogP contribution is -2.62. The molecule has 5 nitrogen and oxygen atoms in total. The molecule has 0 aromatic rings. The highest BCUT2D eigenvalue weighted by molar-refractivity contribution is 5.46. The zero-order valence-electron chi connectivity index (χ0n) is 22.7. The van der Waals surface area contributed by atoms with Crippen molar-refractivity contribution in [2.75, 3.05) is 0 Å². The Morgan fingerprint density at radius 1 is 0.971 bits per heavy atom. The van der Waals surface area contributed by atoms with E-state index in [-0.39, 0.29) is 45.7 Å². The van der Waals surface area contributed by atoms with E-state index in [1.54, 1.807) is 5.57 Å². The summed E-state index contributed by atoms with van der Waals surface area (Å²) < 4.78 is 12.9. The molecule has 0 amide bonds. The number of aliphatic hydroxyl groups is 3. The van der Waals surface area contributed by atoms with Crippen LogP contribution in [0.5, 0.6) is 0 Å². The molecular formula is C30H46O5. The lowest BCUT2D eigenvalue weighted by Gasteiger charge is -2.60. The van der Waals surface area contributed by atoms with Gasteiger partial charge in [-0.05, 0) is 104 Å². The van der Waals surface area contributed by atoms with Crippen molar-refractivity contribution in [1.29, 1.82) is 0 Å². The molecule has 0 unspecified atom stereocenters. The van der Waals surface area contributed by atoms with Gasteiger partial charge in [0.15, 0.2) is 0 Å². The predicted molar refractivity (Wildman–Crippen MR) is 132 cm³/mol. The fourth-order valence-corrected chi connectivity index (χ4v) is 11.8. The maximum absolute atomic E-state index is 11.6. The zero-order valence-corrected chi connectivity index (χ0v) is 22.7. The van der Waals surface area contributed by atoms with E-state index in [0.717, 1.165) is 25.7 Å². The lowest BCUT2D eigenvalue weighted by molar-refractivity contribution is -0.327. The van der Waals surface area contributed by atoms with Crippen LogP contribution in [0, 0.1) is 44.8 Å². The van der Waals surface area contributed by atoms with Crippen LogP contribution in [0.3, 0.4) is 0 Å². The summed E-state index contributed by atoms with van der Waals surface area (Å²) in [5, 5.41) is 33.5. The second kappa shape index (κ2) is 6.22. The van der Waals surface area contributed by atoms with Crippen LogP contribution < -0.4 is 0 Å². The van der Waals surface area contributed by atoms with Crippen molar-refractivity contribution < 1.29 is 24.8 Å². The van der Waals surface area contributed by atoms with Crippen molar-refractivity contribution >= 4 is 0 Å². The minimum Gasteiger partial charge on any atom is -0.393 e. The highest BCUT2D eigenvalue weighted by Gasteiger charge is 2.82. The minimum atomic E-state index is -1.64. The van der Waals surface area contributed by atoms with Gasteiger partial charge in [-0.2, -0.15) is 0 Å². The molecule has 0 radical (unpaired) electrons. The molecule has 0 aromatic carbocycles. The molecule has 35 heavy (non-hydrogen) atoms. The van der Waals surface area contributed by atoms with Gasteiger partial charge >= 0.3 is 0 Å². The van der Waals surface area contributed by atoms with Crippen molar-refractivity contribution in [3.63, 3.8) is 0 Å². The zero-order chi connectivity index (χ0) is 25.2. The van der Waals surface area contributed by atoms with Gasteiger partial charge in [-0.15, -0.1) is 0 Å². The Bertz CT molecular complexity index is 1020. The Kier molecular flexibility index (Phi) is 4.20. The Morgan fingerprint density at radius 3 is 2.40 bits per heavy atom. The molecule has 2 heterocycles. The van der Waals surface area contributed by atoms with Crippen molar-refractivity contribution in [2.45, 2.75) is 129 Å². The summed E-state index contributed by atoms with van der Waals surface area (Å²) in [7, 11) is 0. The summed E-state index contributed by atoms with van der Waals surface area (Å²) in [4.78, 5) is 0. The molecule has 6 fully saturated rings. The molecule has 7 aliphatic rings. The Morgan fingerprint density at radius 2 is 1.69 bits per heavy atom. The maximum Gasteiger partial charge on any atom is 0.222 e. The van der Waals surface area contributed by atoms with E-state index >= 15 is 0 Å². The Balaban J connectivity index is 1.29. The topological polar surface area (TPSA) is 79.2 Å². The summed E-state index contributed by atoms with van der Waals surface area (Å²) in [6.07, 6.45) is 8.49. The van der Waals surface area contributed by atoms with E-state index in [1.165, 1.54) is 19.3 Å². The van der Waals surface area contributed by atoms with Crippen LogP contribution in [0.25, 0.3) is 0 Å². The van der Waals surface area contributed by atoms with E-state index < -0.39 is 23.6 Å². The number of hydrogen-bond acceptors (Lipinski definition) is 5. The molecule has 0 aromatic heterocycles. The first-order chi connectivity index (χ1) is 16.1. The Labute approximate surface area is 210 Å². The number of hydrogen-bond donors (Lipinski definition) is 3. The molecule has 0 bridgehead atoms. The highest BCUT2D eigenvalue weighted by atomic mass is 16.7. The number of aliphatic hydroxyl groups excluding tert-OH is 2. The highest BCUT2D eigenvalue weighted by Crippen LogP contribution is 2.88. The predicted octanol–water partition coefficient (Wildman–Crippen LogP) is 4.58. The maximum atomic E-state index is 11.6. The summed E-state index contributed by atoms with van der Waals surface area (Å²) in [6, 6.07) is 0. The first kappa shape index (κ1) is 23.6. The van der Waals surface area contributed by atoms with E-state index in [0.29, 0.717) is 11.3 Å². The van der Waals surface area contributed by atoms with Crippen LogP contribution in [-0.2, 0) is 9.47 Å². The quantitative estimate of drug-likeness (QED) is 0.437. The first-order valence-electron chi connectivity index (χ1n) is 14.3. The molecule has 5 aliphatic carbocycles. The number of fused-ring (bicyclic) bond motifs is 5. The van der Waals surface area contributed by atoms with E-state index in [1.807, 2.05) is 13.8 Å². The number of rotatable bonds is 0. The third-order valence-corrected chi connectivity index (χ3v) is 13.8. The fourth-order valence-electron chi connectivity index (χ4n) is 11.8. The summed E-state index contributed by atoms with van der Waals surface area (Å²) >= 11 is 0. The molecule has 4 saturated carbocycles. The number of allylic oxidation sites excluding steroid dienone is 2. The SMILES string of the molecule is C[C@H]1[C@H]2[C@H](C[C@@]3(C)C4=CC[C@H]5C(C)(C)[C@@H](O)CC[C@@]56C[C@@]46CC[C@]23C)O[C@]2(O)[C@@H]1OC(C)(C)[C@H]2O. The monoisotopic (exact) mass is 486 g/mol. The molecule has 2 spiro atoms. The van der Waals surface area contributed by atoms with E-state index in [2.05, 4.69) is 40.7 Å². The molecule has 5 heteroatoms. The van der Waals surface area contributed by atoms with Gasteiger partial charge in [0.25, 0.3) is 0 Å². The average Bonchev–Trinajstić information content (AvgIpc) is 3.32. The van der Waals surface area contributed by atoms with Gasteiger partial charge in [0, 0.05) is 0 Å². The van der Waals surface area contributed by atoms with E-state index in [9.17, 15) is 15.3 Å². The number of ether oxygens (including phenoxy) is 2. The first-order valence-corrected chi connectivity index (χ1v) is 14.3. The summed E-state index contributed by atoms with van der Waals surface area (Å²) in [6.45, 7) is 15.5. The second-order valence-electron chi connectivity index (χ2n) is 15.5. The van der Waals surface area contributed by atoms with Crippen LogP contribution in [0.1, 0.15) is 93.4 Å². The molecular weight excluding hydrogens is 440 g/mol.